The molecule has 30 heavy (non-hydrogen) atoms. The topological polar surface area (TPSA) is 85.4 Å². The van der Waals surface area contributed by atoms with E-state index in [9.17, 15) is 14.4 Å². The maximum atomic E-state index is 13.2. The second kappa shape index (κ2) is 5.89. The van der Waals surface area contributed by atoms with Crippen molar-refractivity contribution in [1.29, 1.82) is 0 Å². The van der Waals surface area contributed by atoms with Crippen molar-refractivity contribution >= 4 is 23.8 Å². The lowest BCUT2D eigenvalue weighted by molar-refractivity contribution is -0.158. The summed E-state index contributed by atoms with van der Waals surface area (Å²) in [5, 5.41) is 0. The van der Waals surface area contributed by atoms with Crippen molar-refractivity contribution in [3.63, 3.8) is 0 Å². The van der Waals surface area contributed by atoms with Gasteiger partial charge in [-0.2, -0.15) is 0 Å². The minimum atomic E-state index is -1.18. The number of fused-ring (bicyclic) bond motifs is 1. The Kier molecular flexibility index (Phi) is 4.03. The van der Waals surface area contributed by atoms with Crippen molar-refractivity contribution in [3.05, 3.63) is 29.8 Å². The van der Waals surface area contributed by atoms with Crippen molar-refractivity contribution < 1.29 is 28.6 Å². The van der Waals surface area contributed by atoms with Gasteiger partial charge in [-0.05, 0) is 59.6 Å². The maximum Gasteiger partial charge on any atom is 0.416 e. The first-order chi connectivity index (χ1) is 13.8. The molecule has 4 rings (SSSR count). The van der Waals surface area contributed by atoms with Gasteiger partial charge in [-0.15, -0.1) is 0 Å². The smallest absolute Gasteiger partial charge is 0.416 e. The number of amides is 2. The maximum absolute atomic E-state index is 13.2. The standard InChI is InChI=1S/C22H28N2O6/c1-19(2,3)29-17(26)23-14-11-9-8-10-13(14)21-12-22(21,16(25)28-7)24(15(21)23)18(27)30-20(4,5)6/h8-11,15H,12H2,1-7H3/t15-,21-,22-/m0/s1. The number of ether oxygens (including phenoxy) is 3. The van der Waals surface area contributed by atoms with Gasteiger partial charge in [0.15, 0.2) is 5.54 Å². The van der Waals surface area contributed by atoms with Crippen LogP contribution in [-0.4, -0.2) is 53.1 Å². The van der Waals surface area contributed by atoms with E-state index >= 15 is 0 Å². The second-order valence-corrected chi connectivity index (χ2v) is 10.1. The summed E-state index contributed by atoms with van der Waals surface area (Å²) in [6.45, 7) is 10.6. The number of esters is 1. The molecule has 8 heteroatoms. The summed E-state index contributed by atoms with van der Waals surface area (Å²) < 4.78 is 16.3. The van der Waals surface area contributed by atoms with E-state index in [1.165, 1.54) is 16.9 Å². The lowest BCUT2D eigenvalue weighted by Crippen LogP contribution is -2.74. The van der Waals surface area contributed by atoms with Crippen LogP contribution >= 0.6 is 0 Å². The van der Waals surface area contributed by atoms with Gasteiger partial charge >= 0.3 is 18.2 Å². The van der Waals surface area contributed by atoms with Gasteiger partial charge in [0.25, 0.3) is 0 Å². The fourth-order valence-electron chi connectivity index (χ4n) is 4.91. The molecule has 0 aromatic heterocycles. The molecular formula is C22H28N2O6. The van der Waals surface area contributed by atoms with Crippen LogP contribution in [0.3, 0.4) is 0 Å². The fourth-order valence-corrected chi connectivity index (χ4v) is 4.91. The van der Waals surface area contributed by atoms with Gasteiger partial charge in [0, 0.05) is 0 Å². The summed E-state index contributed by atoms with van der Waals surface area (Å²) >= 11 is 0. The molecule has 1 aromatic carbocycles. The Labute approximate surface area is 176 Å². The molecule has 2 amide bonds. The van der Waals surface area contributed by atoms with Crippen LogP contribution in [0, 0.1) is 0 Å². The van der Waals surface area contributed by atoms with Crippen molar-refractivity contribution in [2.75, 3.05) is 12.0 Å². The molecule has 1 saturated heterocycles. The third-order valence-electron chi connectivity index (χ3n) is 5.84. The number of anilines is 1. The van der Waals surface area contributed by atoms with Gasteiger partial charge in [-0.25, -0.2) is 14.4 Å². The van der Waals surface area contributed by atoms with Crippen LogP contribution in [0.2, 0.25) is 0 Å². The van der Waals surface area contributed by atoms with E-state index in [-0.39, 0.29) is 0 Å². The quantitative estimate of drug-likeness (QED) is 0.514. The second-order valence-electron chi connectivity index (χ2n) is 10.1. The summed E-state index contributed by atoms with van der Waals surface area (Å²) in [5.74, 6) is -0.509. The molecule has 3 aliphatic rings. The van der Waals surface area contributed by atoms with Crippen LogP contribution in [0.4, 0.5) is 15.3 Å². The average Bonchev–Trinajstić information content (AvgIpc) is 3.08. The Morgan fingerprint density at radius 2 is 1.53 bits per heavy atom. The molecule has 8 nitrogen and oxygen atoms in total. The van der Waals surface area contributed by atoms with E-state index in [2.05, 4.69) is 0 Å². The Morgan fingerprint density at radius 3 is 2.10 bits per heavy atom. The number of methoxy groups -OCH3 is 1. The predicted molar refractivity (Wildman–Crippen MR) is 108 cm³/mol. The lowest BCUT2D eigenvalue weighted by atomic mass is 9.81. The van der Waals surface area contributed by atoms with Gasteiger partial charge in [-0.3, -0.25) is 9.80 Å². The number of hydrogen-bond acceptors (Lipinski definition) is 6. The Bertz CT molecular complexity index is 946. The highest BCUT2D eigenvalue weighted by Gasteiger charge is 2.94. The number of nitrogens with zero attached hydrogens (tertiary/aromatic N) is 2. The van der Waals surface area contributed by atoms with Gasteiger partial charge in [-0.1, -0.05) is 18.2 Å². The first-order valence-corrected chi connectivity index (χ1v) is 10.0. The molecule has 162 valence electrons. The molecular weight excluding hydrogens is 388 g/mol. The summed E-state index contributed by atoms with van der Waals surface area (Å²) in [5.41, 5.74) is -1.90. The lowest BCUT2D eigenvalue weighted by Gasteiger charge is -2.51. The first kappa shape index (κ1) is 20.5. The van der Waals surface area contributed by atoms with Crippen molar-refractivity contribution in [3.8, 4) is 0 Å². The third kappa shape index (κ3) is 2.48. The van der Waals surface area contributed by atoms with Crippen molar-refractivity contribution in [2.24, 2.45) is 0 Å². The van der Waals surface area contributed by atoms with Gasteiger partial charge < -0.3 is 14.2 Å². The fraction of sp³-hybridized carbons (Fsp3) is 0.591. The van der Waals surface area contributed by atoms with E-state index < -0.39 is 46.5 Å². The minimum absolute atomic E-state index is 0.368. The Hall–Kier alpha value is -2.77. The largest absolute Gasteiger partial charge is 0.467 e. The van der Waals surface area contributed by atoms with Crippen molar-refractivity contribution in [1.82, 2.24) is 4.90 Å². The Balaban J connectivity index is 1.82. The monoisotopic (exact) mass is 416 g/mol. The molecule has 1 aliphatic carbocycles. The highest BCUT2D eigenvalue weighted by molar-refractivity contribution is 6.05. The molecule has 0 radical (unpaired) electrons. The number of likely N-dealkylation sites (tertiary alicyclic amines) is 1. The molecule has 3 atom stereocenters. The van der Waals surface area contributed by atoms with E-state index in [0.717, 1.165) is 5.56 Å². The van der Waals surface area contributed by atoms with E-state index in [1.54, 1.807) is 47.6 Å². The number of rotatable bonds is 1. The normalized spacial score (nSPS) is 28.6. The van der Waals surface area contributed by atoms with Crippen LogP contribution in [-0.2, 0) is 24.4 Å². The number of carbonyl (C=O) groups excluding carboxylic acids is 3. The number of para-hydroxylation sites is 1. The highest BCUT2D eigenvalue weighted by atomic mass is 16.6. The van der Waals surface area contributed by atoms with E-state index in [0.29, 0.717) is 12.1 Å². The zero-order chi connectivity index (χ0) is 22.3. The molecule has 1 spiro atoms. The average molecular weight is 416 g/mol. The number of benzene rings is 1. The van der Waals surface area contributed by atoms with Gasteiger partial charge in [0.1, 0.15) is 17.4 Å². The number of hydrogen-bond donors (Lipinski definition) is 0. The Morgan fingerprint density at radius 1 is 0.967 bits per heavy atom. The molecule has 2 heterocycles. The highest BCUT2D eigenvalue weighted by Crippen LogP contribution is 2.78. The summed E-state index contributed by atoms with van der Waals surface area (Å²) in [6, 6.07) is 7.38. The van der Waals surface area contributed by atoms with Crippen LogP contribution in [0.15, 0.2) is 24.3 Å². The molecule has 0 N–H and O–H groups in total. The molecule has 1 aromatic rings. The predicted octanol–water partition coefficient (Wildman–Crippen LogP) is 3.57. The van der Waals surface area contributed by atoms with Crippen molar-refractivity contribution in [2.45, 2.75) is 76.3 Å². The molecule has 0 bridgehead atoms. The van der Waals surface area contributed by atoms with Crippen LogP contribution < -0.4 is 4.90 Å². The van der Waals surface area contributed by atoms with E-state index in [4.69, 9.17) is 14.2 Å². The summed E-state index contributed by atoms with van der Waals surface area (Å²) in [6.07, 6.45) is -1.57. The zero-order valence-corrected chi connectivity index (χ0v) is 18.4. The summed E-state index contributed by atoms with van der Waals surface area (Å²) in [4.78, 5) is 42.1. The van der Waals surface area contributed by atoms with Crippen LogP contribution in [0.25, 0.3) is 0 Å². The van der Waals surface area contributed by atoms with Gasteiger partial charge in [0.2, 0.25) is 0 Å². The zero-order valence-electron chi connectivity index (χ0n) is 18.4. The van der Waals surface area contributed by atoms with E-state index in [1.807, 2.05) is 18.2 Å². The SMILES string of the molecule is COC(=O)[C@@]12C[C@@]13c1ccccc1N(C(=O)OC(C)(C)C)[C@H]3N2C(=O)OC(C)(C)C. The molecule has 1 saturated carbocycles. The number of carbonyl (C=O) groups is 3. The minimum Gasteiger partial charge on any atom is -0.467 e. The molecule has 2 fully saturated rings. The first-order valence-electron chi connectivity index (χ1n) is 10.0. The van der Waals surface area contributed by atoms with Gasteiger partial charge in [0.05, 0.1) is 18.2 Å². The summed E-state index contributed by atoms with van der Waals surface area (Å²) in [7, 11) is 1.30. The molecule has 2 aliphatic heterocycles. The molecule has 0 unspecified atom stereocenters. The van der Waals surface area contributed by atoms with Crippen LogP contribution in [0.1, 0.15) is 53.5 Å². The van der Waals surface area contributed by atoms with Crippen LogP contribution in [0.5, 0.6) is 0 Å². The third-order valence-corrected chi connectivity index (χ3v) is 5.84.